The molecule has 164 valence electrons. The molecule has 9 heteroatoms. The molecule has 0 radical (unpaired) electrons. The molecule has 1 amide bonds. The summed E-state index contributed by atoms with van der Waals surface area (Å²) in [6.45, 7) is 2.68. The molecule has 0 bridgehead atoms. The molecule has 0 fully saturated rings. The van der Waals surface area contributed by atoms with Crippen molar-refractivity contribution in [1.29, 1.82) is 0 Å². The standard InChI is InChI=1S/C23H21N3O4S2/c1-3-26-20-9-4-5-10-21(20)31-23(26)24-22(27)16-7-6-8-17(15-16)25-32(28,29)19-13-11-18(30-2)12-14-19/h4-15,25H,3H2,1-2H3. The fourth-order valence-corrected chi connectivity index (χ4v) is 5.39. The molecule has 3 aromatic carbocycles. The van der Waals surface area contributed by atoms with Crippen molar-refractivity contribution in [3.63, 3.8) is 0 Å². The van der Waals surface area contributed by atoms with E-state index < -0.39 is 15.9 Å². The second-order valence-electron chi connectivity index (χ2n) is 6.88. The van der Waals surface area contributed by atoms with E-state index in [1.165, 1.54) is 36.6 Å². The predicted octanol–water partition coefficient (Wildman–Crippen LogP) is 4.27. The largest absolute Gasteiger partial charge is 0.497 e. The van der Waals surface area contributed by atoms with Gasteiger partial charge in [-0.3, -0.25) is 9.52 Å². The van der Waals surface area contributed by atoms with E-state index in [1.807, 2.05) is 35.8 Å². The van der Waals surface area contributed by atoms with Gasteiger partial charge >= 0.3 is 0 Å². The summed E-state index contributed by atoms with van der Waals surface area (Å²) in [5.74, 6) is 0.118. The third-order valence-electron chi connectivity index (χ3n) is 4.83. The molecule has 7 nitrogen and oxygen atoms in total. The summed E-state index contributed by atoms with van der Waals surface area (Å²) in [6.07, 6.45) is 0. The van der Waals surface area contributed by atoms with Gasteiger partial charge in [-0.1, -0.05) is 29.5 Å². The van der Waals surface area contributed by atoms with Crippen LogP contribution in [0.25, 0.3) is 10.2 Å². The number of thiazole rings is 1. The maximum Gasteiger partial charge on any atom is 0.279 e. The highest BCUT2D eigenvalue weighted by Crippen LogP contribution is 2.21. The number of hydrogen-bond donors (Lipinski definition) is 1. The summed E-state index contributed by atoms with van der Waals surface area (Å²) in [5, 5.41) is 0. The van der Waals surface area contributed by atoms with E-state index in [4.69, 9.17) is 4.74 Å². The van der Waals surface area contributed by atoms with Gasteiger partial charge < -0.3 is 9.30 Å². The van der Waals surface area contributed by atoms with E-state index in [0.717, 1.165) is 10.2 Å². The highest BCUT2D eigenvalue weighted by molar-refractivity contribution is 7.92. The molecule has 0 atom stereocenters. The highest BCUT2D eigenvalue weighted by atomic mass is 32.2. The van der Waals surface area contributed by atoms with Crippen LogP contribution in [0, 0.1) is 0 Å². The Morgan fingerprint density at radius 1 is 1.06 bits per heavy atom. The quantitative estimate of drug-likeness (QED) is 0.459. The Morgan fingerprint density at radius 3 is 2.53 bits per heavy atom. The van der Waals surface area contributed by atoms with Crippen LogP contribution in [0.2, 0.25) is 0 Å². The van der Waals surface area contributed by atoms with Crippen LogP contribution in [0.3, 0.4) is 0 Å². The van der Waals surface area contributed by atoms with Crippen LogP contribution >= 0.6 is 11.3 Å². The number of fused-ring (bicyclic) bond motifs is 1. The molecule has 32 heavy (non-hydrogen) atoms. The number of para-hydroxylation sites is 1. The topological polar surface area (TPSA) is 89.8 Å². The molecule has 0 aliphatic carbocycles. The minimum atomic E-state index is -3.82. The fourth-order valence-electron chi connectivity index (χ4n) is 3.25. The zero-order valence-electron chi connectivity index (χ0n) is 17.5. The minimum Gasteiger partial charge on any atom is -0.497 e. The van der Waals surface area contributed by atoms with Crippen molar-refractivity contribution >= 4 is 43.2 Å². The normalized spacial score (nSPS) is 12.1. The summed E-state index contributed by atoms with van der Waals surface area (Å²) in [4.78, 5) is 17.8. The van der Waals surface area contributed by atoms with Crippen LogP contribution in [-0.4, -0.2) is 26.0 Å². The average Bonchev–Trinajstić information content (AvgIpc) is 3.15. The molecule has 1 aromatic heterocycles. The summed E-state index contributed by atoms with van der Waals surface area (Å²) < 4.78 is 36.0. The summed E-state index contributed by atoms with van der Waals surface area (Å²) >= 11 is 1.44. The van der Waals surface area contributed by atoms with Gasteiger partial charge in [-0.2, -0.15) is 4.99 Å². The van der Waals surface area contributed by atoms with Crippen molar-refractivity contribution in [2.75, 3.05) is 11.8 Å². The summed E-state index contributed by atoms with van der Waals surface area (Å²) in [6, 6.07) is 20.2. The molecule has 4 aromatic rings. The van der Waals surface area contributed by atoms with Crippen LogP contribution in [0.4, 0.5) is 5.69 Å². The second kappa shape index (κ2) is 8.97. The lowest BCUT2D eigenvalue weighted by molar-refractivity contribution is 0.0998. The number of hydrogen-bond acceptors (Lipinski definition) is 5. The first kappa shape index (κ1) is 21.8. The van der Waals surface area contributed by atoms with E-state index in [-0.39, 0.29) is 10.6 Å². The van der Waals surface area contributed by atoms with Gasteiger partial charge in [-0.25, -0.2) is 8.42 Å². The number of carbonyl (C=O) groups is 1. The lowest BCUT2D eigenvalue weighted by Crippen LogP contribution is -2.16. The average molecular weight is 468 g/mol. The number of rotatable bonds is 6. The van der Waals surface area contributed by atoms with Gasteiger partial charge in [0.2, 0.25) is 0 Å². The van der Waals surface area contributed by atoms with E-state index in [2.05, 4.69) is 9.71 Å². The van der Waals surface area contributed by atoms with Crippen LogP contribution in [0.1, 0.15) is 17.3 Å². The summed E-state index contributed by atoms with van der Waals surface area (Å²) in [5.41, 5.74) is 1.59. The van der Waals surface area contributed by atoms with Crippen LogP contribution in [0.15, 0.2) is 82.7 Å². The Hall–Kier alpha value is -3.43. The number of amides is 1. The lowest BCUT2D eigenvalue weighted by Gasteiger charge is -2.09. The Bertz CT molecular complexity index is 1450. The van der Waals surface area contributed by atoms with Gasteiger partial charge in [-0.15, -0.1) is 0 Å². The SMILES string of the molecule is CCn1c(=NC(=O)c2cccc(NS(=O)(=O)c3ccc(OC)cc3)c2)sc2ccccc21. The first-order valence-corrected chi connectivity index (χ1v) is 12.2. The first-order valence-electron chi connectivity index (χ1n) is 9.85. The number of anilines is 1. The molecular weight excluding hydrogens is 446 g/mol. The molecule has 1 heterocycles. The molecule has 0 saturated heterocycles. The zero-order chi connectivity index (χ0) is 22.7. The van der Waals surface area contributed by atoms with E-state index in [0.29, 0.717) is 22.7 Å². The third kappa shape index (κ3) is 4.44. The van der Waals surface area contributed by atoms with Crippen molar-refractivity contribution in [2.45, 2.75) is 18.4 Å². The van der Waals surface area contributed by atoms with E-state index >= 15 is 0 Å². The number of carbonyl (C=O) groups excluding carboxylic acids is 1. The molecule has 0 spiro atoms. The lowest BCUT2D eigenvalue weighted by atomic mass is 10.2. The van der Waals surface area contributed by atoms with Crippen molar-refractivity contribution in [3.05, 3.63) is 83.2 Å². The third-order valence-corrected chi connectivity index (χ3v) is 7.29. The van der Waals surface area contributed by atoms with E-state index in [1.54, 1.807) is 30.3 Å². The van der Waals surface area contributed by atoms with Gasteiger partial charge in [0.25, 0.3) is 15.9 Å². The number of nitrogens with zero attached hydrogens (tertiary/aromatic N) is 2. The number of aromatic nitrogens is 1. The van der Waals surface area contributed by atoms with E-state index in [9.17, 15) is 13.2 Å². The Kier molecular flexibility index (Phi) is 6.11. The van der Waals surface area contributed by atoms with Gasteiger partial charge in [0.1, 0.15) is 5.75 Å². The van der Waals surface area contributed by atoms with Gasteiger partial charge in [0.05, 0.1) is 22.2 Å². The second-order valence-corrected chi connectivity index (χ2v) is 9.57. The van der Waals surface area contributed by atoms with Crippen LogP contribution in [-0.2, 0) is 16.6 Å². The molecular formula is C23H21N3O4S2. The van der Waals surface area contributed by atoms with Crippen LogP contribution in [0.5, 0.6) is 5.75 Å². The molecule has 0 unspecified atom stereocenters. The maximum atomic E-state index is 12.9. The van der Waals surface area contributed by atoms with Gasteiger partial charge in [-0.05, 0) is 61.5 Å². The number of aryl methyl sites for hydroxylation is 1. The highest BCUT2D eigenvalue weighted by Gasteiger charge is 2.15. The molecule has 0 saturated carbocycles. The molecule has 0 aliphatic heterocycles. The first-order chi connectivity index (χ1) is 15.4. The summed E-state index contributed by atoms with van der Waals surface area (Å²) in [7, 11) is -2.31. The Morgan fingerprint density at radius 2 is 1.81 bits per heavy atom. The Balaban J connectivity index is 1.63. The maximum absolute atomic E-state index is 12.9. The number of methoxy groups -OCH3 is 1. The zero-order valence-corrected chi connectivity index (χ0v) is 19.1. The monoisotopic (exact) mass is 467 g/mol. The number of benzene rings is 3. The molecule has 1 N–H and O–H groups in total. The Labute approximate surface area is 189 Å². The van der Waals surface area contributed by atoms with Gasteiger partial charge in [0.15, 0.2) is 4.80 Å². The van der Waals surface area contributed by atoms with Crippen LogP contribution < -0.4 is 14.3 Å². The molecule has 4 rings (SSSR count). The minimum absolute atomic E-state index is 0.0916. The number of nitrogens with one attached hydrogen (secondary N) is 1. The number of ether oxygens (including phenoxy) is 1. The number of sulfonamides is 1. The van der Waals surface area contributed by atoms with Crippen molar-refractivity contribution < 1.29 is 17.9 Å². The predicted molar refractivity (Wildman–Crippen MR) is 126 cm³/mol. The van der Waals surface area contributed by atoms with Crippen molar-refractivity contribution in [1.82, 2.24) is 4.57 Å². The molecule has 0 aliphatic rings. The van der Waals surface area contributed by atoms with Gasteiger partial charge in [0, 0.05) is 17.8 Å². The fraction of sp³-hybridized carbons (Fsp3) is 0.130. The van der Waals surface area contributed by atoms with Crippen molar-refractivity contribution in [2.24, 2.45) is 4.99 Å². The van der Waals surface area contributed by atoms with Crippen molar-refractivity contribution in [3.8, 4) is 5.75 Å². The smallest absolute Gasteiger partial charge is 0.279 e.